The van der Waals surface area contributed by atoms with Crippen molar-refractivity contribution in [1.29, 1.82) is 0 Å². The monoisotopic (exact) mass is 315 g/mol. The molecule has 1 aliphatic heterocycles. The Morgan fingerprint density at radius 3 is 2.86 bits per heavy atom. The van der Waals surface area contributed by atoms with Gasteiger partial charge in [-0.2, -0.15) is 0 Å². The van der Waals surface area contributed by atoms with Crippen LogP contribution in [0.2, 0.25) is 0 Å². The van der Waals surface area contributed by atoms with E-state index in [1.807, 2.05) is 0 Å². The van der Waals surface area contributed by atoms with Crippen LogP contribution in [-0.4, -0.2) is 40.1 Å². The molecule has 1 aliphatic rings. The number of nitrogens with one attached hydrogen (secondary N) is 2. The number of methoxy groups -OCH3 is 1. The molecule has 0 saturated carbocycles. The van der Waals surface area contributed by atoms with Crippen molar-refractivity contribution in [2.75, 3.05) is 26.7 Å². The normalized spacial score (nSPS) is 18.6. The first kappa shape index (κ1) is 15.7. The first-order valence-corrected chi connectivity index (χ1v) is 7.95. The van der Waals surface area contributed by atoms with Crippen molar-refractivity contribution in [3.8, 4) is 5.75 Å². The lowest BCUT2D eigenvalue weighted by atomic mass is 10.1. The topological polar surface area (TPSA) is 111 Å². The van der Waals surface area contributed by atoms with Gasteiger partial charge in [-0.1, -0.05) is 0 Å². The van der Waals surface area contributed by atoms with Gasteiger partial charge in [-0.25, -0.2) is 13.1 Å². The lowest BCUT2D eigenvalue weighted by molar-refractivity contribution is -0.387. The van der Waals surface area contributed by atoms with Crippen LogP contribution in [-0.2, 0) is 10.0 Å². The highest BCUT2D eigenvalue weighted by molar-refractivity contribution is 7.89. The van der Waals surface area contributed by atoms with Gasteiger partial charge in [0.25, 0.3) is 5.69 Å². The van der Waals surface area contributed by atoms with Crippen molar-refractivity contribution in [2.24, 2.45) is 5.92 Å². The molecule has 9 heteroatoms. The van der Waals surface area contributed by atoms with E-state index in [0.717, 1.165) is 25.6 Å². The summed E-state index contributed by atoms with van der Waals surface area (Å²) in [6.07, 6.45) is 0.882. The number of ether oxygens (including phenoxy) is 1. The summed E-state index contributed by atoms with van der Waals surface area (Å²) in [7, 11) is -2.56. The minimum atomic E-state index is -3.92. The summed E-state index contributed by atoms with van der Waals surface area (Å²) in [6.45, 7) is 1.86. The Kier molecular flexibility index (Phi) is 4.76. The Labute approximate surface area is 122 Å². The second-order valence-electron chi connectivity index (χ2n) is 4.80. The van der Waals surface area contributed by atoms with E-state index in [4.69, 9.17) is 4.74 Å². The van der Waals surface area contributed by atoms with Gasteiger partial charge in [0.1, 0.15) is 5.75 Å². The highest BCUT2D eigenvalue weighted by Crippen LogP contribution is 2.28. The molecule has 2 rings (SSSR count). The van der Waals surface area contributed by atoms with Crippen LogP contribution < -0.4 is 14.8 Å². The zero-order valence-corrected chi connectivity index (χ0v) is 12.4. The summed E-state index contributed by atoms with van der Waals surface area (Å²) < 4.78 is 31.8. The quantitative estimate of drug-likeness (QED) is 0.584. The van der Waals surface area contributed by atoms with E-state index < -0.39 is 20.6 Å². The molecule has 1 saturated heterocycles. The van der Waals surface area contributed by atoms with E-state index in [2.05, 4.69) is 10.0 Å². The SMILES string of the molecule is COc1ccc(S(=O)(=O)NCC2CCNC2)c([N+](=O)[O-])c1. The van der Waals surface area contributed by atoms with Crippen molar-refractivity contribution >= 4 is 15.7 Å². The Balaban J connectivity index is 2.23. The summed E-state index contributed by atoms with van der Waals surface area (Å²) in [5.74, 6) is 0.442. The predicted molar refractivity (Wildman–Crippen MR) is 75.8 cm³/mol. The third-order valence-electron chi connectivity index (χ3n) is 3.38. The fraction of sp³-hybridized carbons (Fsp3) is 0.500. The fourth-order valence-corrected chi connectivity index (χ4v) is 3.45. The fourth-order valence-electron chi connectivity index (χ4n) is 2.19. The van der Waals surface area contributed by atoms with Gasteiger partial charge in [-0.15, -0.1) is 0 Å². The largest absolute Gasteiger partial charge is 0.497 e. The Morgan fingerprint density at radius 1 is 1.52 bits per heavy atom. The number of rotatable bonds is 6. The Bertz CT molecular complexity index is 626. The van der Waals surface area contributed by atoms with E-state index in [1.54, 1.807) is 0 Å². The second kappa shape index (κ2) is 6.37. The molecule has 0 aliphatic carbocycles. The lowest BCUT2D eigenvalue weighted by Crippen LogP contribution is -2.30. The molecule has 1 atom stereocenters. The molecule has 2 N–H and O–H groups in total. The number of nitro groups is 1. The van der Waals surface area contributed by atoms with Gasteiger partial charge in [-0.05, 0) is 37.6 Å². The van der Waals surface area contributed by atoms with E-state index in [0.29, 0.717) is 0 Å². The smallest absolute Gasteiger partial charge is 0.293 e. The van der Waals surface area contributed by atoms with Gasteiger partial charge < -0.3 is 10.1 Å². The van der Waals surface area contributed by atoms with Crippen molar-refractivity contribution in [2.45, 2.75) is 11.3 Å². The lowest BCUT2D eigenvalue weighted by Gasteiger charge is -2.11. The van der Waals surface area contributed by atoms with Crippen LogP contribution >= 0.6 is 0 Å². The van der Waals surface area contributed by atoms with Gasteiger partial charge in [0.05, 0.1) is 18.1 Å². The number of sulfonamides is 1. The van der Waals surface area contributed by atoms with Crippen LogP contribution in [0.25, 0.3) is 0 Å². The first-order valence-electron chi connectivity index (χ1n) is 6.47. The molecule has 1 aromatic carbocycles. The summed E-state index contributed by atoms with van der Waals surface area (Å²) in [6, 6.07) is 3.68. The van der Waals surface area contributed by atoms with Crippen LogP contribution in [0.1, 0.15) is 6.42 Å². The average Bonchev–Trinajstić information content (AvgIpc) is 2.98. The summed E-state index contributed by atoms with van der Waals surface area (Å²) in [5, 5.41) is 14.2. The van der Waals surface area contributed by atoms with Crippen molar-refractivity contribution < 1.29 is 18.1 Å². The standard InChI is InChI=1S/C12H17N3O5S/c1-20-10-2-3-12(11(6-10)15(16)17)21(18,19)14-8-9-4-5-13-7-9/h2-3,6,9,13-14H,4-5,7-8H2,1H3. The maximum absolute atomic E-state index is 12.2. The molecular formula is C12H17N3O5S. The second-order valence-corrected chi connectivity index (χ2v) is 6.54. The van der Waals surface area contributed by atoms with Gasteiger partial charge in [0.15, 0.2) is 4.90 Å². The minimum Gasteiger partial charge on any atom is -0.497 e. The number of nitrogens with zero attached hydrogens (tertiary/aromatic N) is 1. The van der Waals surface area contributed by atoms with E-state index >= 15 is 0 Å². The van der Waals surface area contributed by atoms with Gasteiger partial charge in [-0.3, -0.25) is 10.1 Å². The third-order valence-corrected chi connectivity index (χ3v) is 4.85. The minimum absolute atomic E-state index is 0.206. The molecule has 116 valence electrons. The first-order chi connectivity index (χ1) is 9.94. The summed E-state index contributed by atoms with van der Waals surface area (Å²) >= 11 is 0. The van der Waals surface area contributed by atoms with E-state index in [1.165, 1.54) is 19.2 Å². The zero-order valence-electron chi connectivity index (χ0n) is 11.5. The highest BCUT2D eigenvalue weighted by Gasteiger charge is 2.27. The van der Waals surface area contributed by atoms with Crippen molar-refractivity contribution in [3.63, 3.8) is 0 Å². The number of hydrogen-bond donors (Lipinski definition) is 2. The summed E-state index contributed by atoms with van der Waals surface area (Å²) in [5.41, 5.74) is -0.494. The molecule has 1 fully saturated rings. The highest BCUT2D eigenvalue weighted by atomic mass is 32.2. The molecule has 8 nitrogen and oxygen atoms in total. The molecule has 1 heterocycles. The maximum Gasteiger partial charge on any atom is 0.293 e. The Hall–Kier alpha value is -1.71. The van der Waals surface area contributed by atoms with Gasteiger partial charge in [0.2, 0.25) is 10.0 Å². The van der Waals surface area contributed by atoms with Gasteiger partial charge >= 0.3 is 0 Å². The molecule has 0 bridgehead atoms. The average molecular weight is 315 g/mol. The van der Waals surface area contributed by atoms with Crippen LogP contribution in [0.3, 0.4) is 0 Å². The molecular weight excluding hydrogens is 298 g/mol. The maximum atomic E-state index is 12.2. The zero-order chi connectivity index (χ0) is 15.5. The Morgan fingerprint density at radius 2 is 2.29 bits per heavy atom. The van der Waals surface area contributed by atoms with Crippen LogP contribution in [0, 0.1) is 16.0 Å². The van der Waals surface area contributed by atoms with Crippen LogP contribution in [0.15, 0.2) is 23.1 Å². The molecule has 1 aromatic rings. The molecule has 1 unspecified atom stereocenters. The van der Waals surface area contributed by atoms with Crippen molar-refractivity contribution in [1.82, 2.24) is 10.0 Å². The molecule has 21 heavy (non-hydrogen) atoms. The molecule has 0 amide bonds. The summed E-state index contributed by atoms with van der Waals surface area (Å²) in [4.78, 5) is 9.97. The number of benzene rings is 1. The van der Waals surface area contributed by atoms with E-state index in [-0.39, 0.29) is 23.1 Å². The molecule has 0 spiro atoms. The third kappa shape index (κ3) is 3.69. The predicted octanol–water partition coefficient (Wildman–Crippen LogP) is 0.491. The molecule has 0 radical (unpaired) electrons. The van der Waals surface area contributed by atoms with Crippen LogP contribution in [0.4, 0.5) is 5.69 Å². The number of hydrogen-bond acceptors (Lipinski definition) is 6. The van der Waals surface area contributed by atoms with Crippen LogP contribution in [0.5, 0.6) is 5.75 Å². The number of nitro benzene ring substituents is 1. The van der Waals surface area contributed by atoms with E-state index in [9.17, 15) is 18.5 Å². The van der Waals surface area contributed by atoms with Gasteiger partial charge in [0, 0.05) is 6.54 Å². The molecule has 0 aromatic heterocycles. The van der Waals surface area contributed by atoms with Crippen molar-refractivity contribution in [3.05, 3.63) is 28.3 Å².